The maximum absolute atomic E-state index is 4.80. The third-order valence-electron chi connectivity index (χ3n) is 4.63. The first-order chi connectivity index (χ1) is 13.3. The minimum absolute atomic E-state index is 0.730. The molecule has 2 nitrogen and oxygen atoms in total. The molecule has 27 heavy (non-hydrogen) atoms. The van der Waals surface area contributed by atoms with E-state index in [0.717, 1.165) is 17.8 Å². The predicted octanol–water partition coefficient (Wildman–Crippen LogP) is 6.19. The SMILES string of the molecule is Cc1ccc(N(Cc2ccccc2)/N=C/c2ccc3ccccc3c2)cc1. The molecule has 0 N–H and O–H groups in total. The molecular weight excluding hydrogens is 328 g/mol. The van der Waals surface area contributed by atoms with Crippen LogP contribution in [0.3, 0.4) is 0 Å². The van der Waals surface area contributed by atoms with Gasteiger partial charge >= 0.3 is 0 Å². The Morgan fingerprint density at radius 2 is 1.44 bits per heavy atom. The van der Waals surface area contributed by atoms with Gasteiger partial charge in [0.05, 0.1) is 18.4 Å². The van der Waals surface area contributed by atoms with Gasteiger partial charge in [-0.1, -0.05) is 84.4 Å². The number of rotatable bonds is 5. The van der Waals surface area contributed by atoms with E-state index in [1.807, 2.05) is 17.3 Å². The lowest BCUT2D eigenvalue weighted by atomic mass is 10.1. The molecule has 4 rings (SSSR count). The van der Waals surface area contributed by atoms with Crippen molar-refractivity contribution in [2.24, 2.45) is 5.10 Å². The Labute approximate surface area is 160 Å². The van der Waals surface area contributed by atoms with Gasteiger partial charge in [-0.05, 0) is 47.0 Å². The molecule has 0 atom stereocenters. The maximum atomic E-state index is 4.80. The Kier molecular flexibility index (Phi) is 4.97. The van der Waals surface area contributed by atoms with E-state index in [-0.39, 0.29) is 0 Å². The molecule has 0 bridgehead atoms. The zero-order valence-corrected chi connectivity index (χ0v) is 15.4. The van der Waals surface area contributed by atoms with Gasteiger partial charge in [0.2, 0.25) is 0 Å². The summed E-state index contributed by atoms with van der Waals surface area (Å²) in [6.45, 7) is 2.83. The summed E-state index contributed by atoms with van der Waals surface area (Å²) in [6, 6.07) is 33.7. The quantitative estimate of drug-likeness (QED) is 0.309. The van der Waals surface area contributed by atoms with Gasteiger partial charge in [-0.25, -0.2) is 0 Å². The molecule has 132 valence electrons. The average Bonchev–Trinajstić information content (AvgIpc) is 2.72. The molecule has 2 heteroatoms. The van der Waals surface area contributed by atoms with Crippen molar-refractivity contribution in [1.82, 2.24) is 0 Å². The van der Waals surface area contributed by atoms with E-state index in [9.17, 15) is 0 Å². The number of nitrogens with zero attached hydrogens (tertiary/aromatic N) is 2. The van der Waals surface area contributed by atoms with E-state index in [1.165, 1.54) is 21.9 Å². The highest BCUT2D eigenvalue weighted by Gasteiger charge is 2.06. The van der Waals surface area contributed by atoms with Crippen molar-refractivity contribution in [3.05, 3.63) is 114 Å². The Hall–Kier alpha value is -3.39. The number of aryl methyl sites for hydroxylation is 1. The van der Waals surface area contributed by atoms with E-state index in [1.54, 1.807) is 0 Å². The maximum Gasteiger partial charge on any atom is 0.0666 e. The van der Waals surface area contributed by atoms with Crippen LogP contribution in [0.15, 0.2) is 102 Å². The van der Waals surface area contributed by atoms with Crippen molar-refractivity contribution in [3.63, 3.8) is 0 Å². The molecule has 4 aromatic rings. The standard InChI is InChI=1S/C25H22N2/c1-20-11-15-25(16-12-20)27(19-21-7-3-2-4-8-21)26-18-22-13-14-23-9-5-6-10-24(23)17-22/h2-18H,19H2,1H3/b26-18+. The van der Waals surface area contributed by atoms with Crippen LogP contribution in [0, 0.1) is 6.92 Å². The second kappa shape index (κ2) is 7.88. The summed E-state index contributed by atoms with van der Waals surface area (Å²) in [5, 5.41) is 9.32. The van der Waals surface area contributed by atoms with Crippen LogP contribution >= 0.6 is 0 Å². The van der Waals surface area contributed by atoms with E-state index in [2.05, 4.69) is 97.9 Å². The fourth-order valence-electron chi connectivity index (χ4n) is 3.10. The van der Waals surface area contributed by atoms with Crippen LogP contribution in [0.25, 0.3) is 10.8 Å². The zero-order valence-electron chi connectivity index (χ0n) is 15.4. The Bertz CT molecular complexity index is 1050. The molecule has 0 aliphatic heterocycles. The van der Waals surface area contributed by atoms with Gasteiger partial charge in [-0.15, -0.1) is 0 Å². The number of fused-ring (bicyclic) bond motifs is 1. The number of hydrogen-bond acceptors (Lipinski definition) is 2. The fourth-order valence-corrected chi connectivity index (χ4v) is 3.10. The average molecular weight is 350 g/mol. The summed E-state index contributed by atoms with van der Waals surface area (Å²) in [5.74, 6) is 0. The van der Waals surface area contributed by atoms with Crippen LogP contribution in [0.1, 0.15) is 16.7 Å². The smallest absolute Gasteiger partial charge is 0.0666 e. The van der Waals surface area contributed by atoms with Crippen molar-refractivity contribution in [3.8, 4) is 0 Å². The van der Waals surface area contributed by atoms with Crippen molar-refractivity contribution in [1.29, 1.82) is 0 Å². The van der Waals surface area contributed by atoms with Crippen LogP contribution in [0.5, 0.6) is 0 Å². The number of hydrogen-bond donors (Lipinski definition) is 0. The number of anilines is 1. The molecule has 0 heterocycles. The zero-order chi connectivity index (χ0) is 18.5. The van der Waals surface area contributed by atoms with Gasteiger partial charge in [0.1, 0.15) is 0 Å². The van der Waals surface area contributed by atoms with Gasteiger partial charge in [0, 0.05) is 0 Å². The highest BCUT2D eigenvalue weighted by atomic mass is 15.4. The summed E-state index contributed by atoms with van der Waals surface area (Å²) >= 11 is 0. The second-order valence-corrected chi connectivity index (χ2v) is 6.73. The van der Waals surface area contributed by atoms with Gasteiger partial charge in [-0.2, -0.15) is 5.10 Å². The second-order valence-electron chi connectivity index (χ2n) is 6.73. The molecule has 4 aromatic carbocycles. The van der Waals surface area contributed by atoms with Crippen molar-refractivity contribution >= 4 is 22.7 Å². The number of benzene rings is 4. The third kappa shape index (κ3) is 4.24. The van der Waals surface area contributed by atoms with E-state index in [0.29, 0.717) is 0 Å². The van der Waals surface area contributed by atoms with E-state index < -0.39 is 0 Å². The van der Waals surface area contributed by atoms with Crippen LogP contribution in [0.4, 0.5) is 5.69 Å². The van der Waals surface area contributed by atoms with Crippen LogP contribution < -0.4 is 5.01 Å². The molecule has 0 saturated heterocycles. The van der Waals surface area contributed by atoms with Gasteiger partial charge in [-0.3, -0.25) is 5.01 Å². The molecule has 0 unspecified atom stereocenters. The molecule has 0 saturated carbocycles. The van der Waals surface area contributed by atoms with Crippen LogP contribution in [-0.2, 0) is 6.54 Å². The summed E-state index contributed by atoms with van der Waals surface area (Å²) < 4.78 is 0. The lowest BCUT2D eigenvalue weighted by molar-refractivity contribution is 0.858. The first-order valence-electron chi connectivity index (χ1n) is 9.19. The number of hydrazone groups is 1. The van der Waals surface area contributed by atoms with E-state index >= 15 is 0 Å². The minimum Gasteiger partial charge on any atom is -0.261 e. The first kappa shape index (κ1) is 17.0. The molecule has 0 aliphatic rings. The molecule has 0 aromatic heterocycles. The van der Waals surface area contributed by atoms with Gasteiger partial charge in [0.25, 0.3) is 0 Å². The van der Waals surface area contributed by atoms with Crippen LogP contribution in [0.2, 0.25) is 0 Å². The summed E-state index contributed by atoms with van der Waals surface area (Å²) in [4.78, 5) is 0. The van der Waals surface area contributed by atoms with Crippen molar-refractivity contribution < 1.29 is 0 Å². The van der Waals surface area contributed by atoms with Gasteiger partial charge in [0.15, 0.2) is 0 Å². The first-order valence-corrected chi connectivity index (χ1v) is 9.19. The van der Waals surface area contributed by atoms with E-state index in [4.69, 9.17) is 5.10 Å². The predicted molar refractivity (Wildman–Crippen MR) is 115 cm³/mol. The largest absolute Gasteiger partial charge is 0.261 e. The summed E-state index contributed by atoms with van der Waals surface area (Å²) in [5.41, 5.74) is 4.66. The lowest BCUT2D eigenvalue weighted by Crippen LogP contribution is -2.16. The normalized spacial score (nSPS) is 11.1. The van der Waals surface area contributed by atoms with Crippen molar-refractivity contribution in [2.75, 3.05) is 5.01 Å². The summed E-state index contributed by atoms with van der Waals surface area (Å²) in [6.07, 6.45) is 1.94. The lowest BCUT2D eigenvalue weighted by Gasteiger charge is -2.19. The molecular formula is C25H22N2. The highest BCUT2D eigenvalue weighted by Crippen LogP contribution is 2.19. The Balaban J connectivity index is 1.64. The minimum atomic E-state index is 0.730. The fraction of sp³-hybridized carbons (Fsp3) is 0.0800. The Morgan fingerprint density at radius 3 is 2.22 bits per heavy atom. The third-order valence-corrected chi connectivity index (χ3v) is 4.63. The Morgan fingerprint density at radius 1 is 0.741 bits per heavy atom. The molecule has 0 aliphatic carbocycles. The van der Waals surface area contributed by atoms with Crippen LogP contribution in [-0.4, -0.2) is 6.21 Å². The topological polar surface area (TPSA) is 15.6 Å². The van der Waals surface area contributed by atoms with Gasteiger partial charge < -0.3 is 0 Å². The monoisotopic (exact) mass is 350 g/mol. The molecule has 0 amide bonds. The molecule has 0 fully saturated rings. The molecule has 0 radical (unpaired) electrons. The molecule has 0 spiro atoms. The highest BCUT2D eigenvalue weighted by molar-refractivity contribution is 5.90. The summed E-state index contributed by atoms with van der Waals surface area (Å²) in [7, 11) is 0. The van der Waals surface area contributed by atoms with Crippen molar-refractivity contribution in [2.45, 2.75) is 13.5 Å².